The van der Waals surface area contributed by atoms with Crippen LogP contribution in [0.15, 0.2) is 24.3 Å². The van der Waals surface area contributed by atoms with Gasteiger partial charge in [0.15, 0.2) is 0 Å². The predicted octanol–water partition coefficient (Wildman–Crippen LogP) is 2.91. The van der Waals surface area contributed by atoms with Crippen LogP contribution in [0.5, 0.6) is 0 Å². The lowest BCUT2D eigenvalue weighted by Gasteiger charge is -2.06. The highest BCUT2D eigenvalue weighted by atomic mass is 16.4. The molecule has 0 radical (unpaired) electrons. The third kappa shape index (κ3) is 2.51. The highest BCUT2D eigenvalue weighted by molar-refractivity contribution is 5.71. The molecule has 16 heavy (non-hydrogen) atoms. The van der Waals surface area contributed by atoms with Gasteiger partial charge < -0.3 is 5.11 Å². The van der Waals surface area contributed by atoms with Gasteiger partial charge in [-0.15, -0.1) is 0 Å². The second kappa shape index (κ2) is 4.52. The Kier molecular flexibility index (Phi) is 3.09. The fraction of sp³-hybridized carbons (Fsp3) is 0.357. The molecular formula is C14H16O2. The van der Waals surface area contributed by atoms with Crippen LogP contribution in [0.1, 0.15) is 30.0 Å². The highest BCUT2D eigenvalue weighted by Gasteiger charge is 2.09. The summed E-state index contributed by atoms with van der Waals surface area (Å²) in [6, 6.07) is 5.99. The van der Waals surface area contributed by atoms with Crippen LogP contribution in [-0.2, 0) is 17.6 Å². The zero-order valence-corrected chi connectivity index (χ0v) is 9.44. The molecule has 0 heterocycles. The van der Waals surface area contributed by atoms with Gasteiger partial charge in [-0.3, -0.25) is 4.79 Å². The van der Waals surface area contributed by atoms with Crippen molar-refractivity contribution < 1.29 is 9.90 Å². The number of allylic oxidation sites excluding steroid dienone is 1. The van der Waals surface area contributed by atoms with Crippen LogP contribution in [0.2, 0.25) is 0 Å². The number of fused-ring (bicyclic) bond motifs is 1. The van der Waals surface area contributed by atoms with Crippen LogP contribution in [-0.4, -0.2) is 11.1 Å². The summed E-state index contributed by atoms with van der Waals surface area (Å²) in [7, 11) is 0. The van der Waals surface area contributed by atoms with E-state index in [4.69, 9.17) is 5.11 Å². The summed E-state index contributed by atoms with van der Waals surface area (Å²) in [6.45, 7) is 2.21. The Morgan fingerprint density at radius 2 is 2.31 bits per heavy atom. The summed E-state index contributed by atoms with van der Waals surface area (Å²) < 4.78 is 0. The number of hydrogen-bond donors (Lipinski definition) is 1. The van der Waals surface area contributed by atoms with E-state index in [0.29, 0.717) is 5.92 Å². The molecule has 1 atom stereocenters. The van der Waals surface area contributed by atoms with Gasteiger partial charge in [0.25, 0.3) is 0 Å². The van der Waals surface area contributed by atoms with Crippen LogP contribution < -0.4 is 0 Å². The van der Waals surface area contributed by atoms with Crippen LogP contribution in [0.3, 0.4) is 0 Å². The predicted molar refractivity (Wildman–Crippen MR) is 64.3 cm³/mol. The van der Waals surface area contributed by atoms with E-state index in [1.165, 1.54) is 17.5 Å². The second-order valence-corrected chi connectivity index (χ2v) is 4.48. The Bertz CT molecular complexity index is 432. The molecule has 2 nitrogen and oxygen atoms in total. The van der Waals surface area contributed by atoms with Crippen LogP contribution in [0, 0.1) is 5.92 Å². The minimum absolute atomic E-state index is 0.108. The number of hydrogen-bond acceptors (Lipinski definition) is 1. The van der Waals surface area contributed by atoms with Crippen LogP contribution >= 0.6 is 0 Å². The first kappa shape index (κ1) is 10.9. The van der Waals surface area contributed by atoms with E-state index < -0.39 is 5.97 Å². The first-order valence-corrected chi connectivity index (χ1v) is 5.67. The topological polar surface area (TPSA) is 37.3 Å². The zero-order chi connectivity index (χ0) is 11.5. The largest absolute Gasteiger partial charge is 0.481 e. The Morgan fingerprint density at radius 1 is 1.50 bits per heavy atom. The number of aryl methyl sites for hydroxylation is 1. The molecular weight excluding hydrogens is 200 g/mol. The van der Waals surface area contributed by atoms with Crippen molar-refractivity contribution >= 4 is 12.0 Å². The van der Waals surface area contributed by atoms with Gasteiger partial charge in [0.2, 0.25) is 0 Å². The number of rotatable bonds is 2. The molecule has 1 aromatic rings. The lowest BCUT2D eigenvalue weighted by Crippen LogP contribution is -2.01. The summed E-state index contributed by atoms with van der Waals surface area (Å²) in [5.41, 5.74) is 3.39. The Morgan fingerprint density at radius 3 is 3.06 bits per heavy atom. The molecule has 2 rings (SSSR count). The molecule has 84 valence electrons. The Hall–Kier alpha value is -1.57. The fourth-order valence-corrected chi connectivity index (χ4v) is 2.06. The first-order valence-electron chi connectivity index (χ1n) is 5.67. The number of aliphatic carboxylic acids is 1. The van der Waals surface area contributed by atoms with Gasteiger partial charge in [0.1, 0.15) is 0 Å². The molecule has 0 bridgehead atoms. The van der Waals surface area contributed by atoms with Crippen LogP contribution in [0.4, 0.5) is 0 Å². The molecule has 0 aromatic heterocycles. The summed E-state index contributed by atoms with van der Waals surface area (Å²) >= 11 is 0. The second-order valence-electron chi connectivity index (χ2n) is 4.48. The maximum absolute atomic E-state index is 10.6. The standard InChI is InChI=1S/C14H16O2/c1-10-2-5-12-7-4-11(9-14(15)16)8-13(12)6-3-10/h3-4,6-8,10H,2,5,9H2,1H3,(H,15,16). The fourth-order valence-electron chi connectivity index (χ4n) is 2.06. The molecule has 1 unspecified atom stereocenters. The van der Waals surface area contributed by atoms with Gasteiger partial charge in [0, 0.05) is 0 Å². The van der Waals surface area contributed by atoms with Gasteiger partial charge in [-0.05, 0) is 35.4 Å². The van der Waals surface area contributed by atoms with Gasteiger partial charge in [0.05, 0.1) is 6.42 Å². The monoisotopic (exact) mass is 216 g/mol. The Labute approximate surface area is 95.6 Å². The van der Waals surface area contributed by atoms with Gasteiger partial charge in [-0.25, -0.2) is 0 Å². The molecule has 1 aromatic carbocycles. The van der Waals surface area contributed by atoms with E-state index in [1.54, 1.807) is 0 Å². The SMILES string of the molecule is CC1C=Cc2cc(CC(=O)O)ccc2CC1. The molecule has 0 amide bonds. The van der Waals surface area contributed by atoms with Crippen molar-refractivity contribution in [2.75, 3.05) is 0 Å². The minimum Gasteiger partial charge on any atom is -0.481 e. The maximum Gasteiger partial charge on any atom is 0.307 e. The molecule has 1 N–H and O–H groups in total. The molecule has 2 heteroatoms. The quantitative estimate of drug-likeness (QED) is 0.825. The molecule has 0 spiro atoms. The van der Waals surface area contributed by atoms with E-state index in [-0.39, 0.29) is 6.42 Å². The average molecular weight is 216 g/mol. The van der Waals surface area contributed by atoms with Crippen molar-refractivity contribution in [1.82, 2.24) is 0 Å². The van der Waals surface area contributed by atoms with Crippen molar-refractivity contribution in [1.29, 1.82) is 0 Å². The molecule has 0 saturated carbocycles. The summed E-state index contributed by atoms with van der Waals surface area (Å²) in [5.74, 6) is -0.166. The van der Waals surface area contributed by atoms with Crippen molar-refractivity contribution in [3.05, 3.63) is 41.0 Å². The molecule has 0 aliphatic heterocycles. The smallest absolute Gasteiger partial charge is 0.307 e. The van der Waals surface area contributed by atoms with Crippen molar-refractivity contribution in [2.24, 2.45) is 5.92 Å². The zero-order valence-electron chi connectivity index (χ0n) is 9.44. The number of carboxylic acid groups (broad SMARTS) is 1. The molecule has 1 aliphatic rings. The van der Waals surface area contributed by atoms with Crippen LogP contribution in [0.25, 0.3) is 6.08 Å². The van der Waals surface area contributed by atoms with Gasteiger partial charge in [-0.1, -0.05) is 37.3 Å². The number of carboxylic acids is 1. The van der Waals surface area contributed by atoms with E-state index in [2.05, 4.69) is 25.1 Å². The summed E-state index contributed by atoms with van der Waals surface area (Å²) in [6.07, 6.45) is 6.68. The molecule has 0 fully saturated rings. The summed E-state index contributed by atoms with van der Waals surface area (Å²) in [4.78, 5) is 10.6. The van der Waals surface area contributed by atoms with Crippen molar-refractivity contribution in [3.8, 4) is 0 Å². The minimum atomic E-state index is -0.772. The number of carbonyl (C=O) groups is 1. The van der Waals surface area contributed by atoms with E-state index in [1.807, 2.05) is 12.1 Å². The molecule has 1 aliphatic carbocycles. The lowest BCUT2D eigenvalue weighted by molar-refractivity contribution is -0.136. The normalized spacial score (nSPS) is 18.9. The van der Waals surface area contributed by atoms with E-state index >= 15 is 0 Å². The number of benzene rings is 1. The highest BCUT2D eigenvalue weighted by Crippen LogP contribution is 2.23. The van der Waals surface area contributed by atoms with Crippen molar-refractivity contribution in [3.63, 3.8) is 0 Å². The third-order valence-electron chi connectivity index (χ3n) is 3.04. The average Bonchev–Trinajstić information content (AvgIpc) is 2.40. The molecule has 0 saturated heterocycles. The Balaban J connectivity index is 2.30. The van der Waals surface area contributed by atoms with E-state index in [9.17, 15) is 4.79 Å². The van der Waals surface area contributed by atoms with Gasteiger partial charge in [-0.2, -0.15) is 0 Å². The van der Waals surface area contributed by atoms with E-state index in [0.717, 1.165) is 12.0 Å². The first-order chi connectivity index (χ1) is 7.65. The third-order valence-corrected chi connectivity index (χ3v) is 3.04. The maximum atomic E-state index is 10.6. The van der Waals surface area contributed by atoms with Crippen molar-refractivity contribution in [2.45, 2.75) is 26.2 Å². The lowest BCUT2D eigenvalue weighted by atomic mass is 9.99. The summed E-state index contributed by atoms with van der Waals surface area (Å²) in [5, 5.41) is 8.75. The van der Waals surface area contributed by atoms with Gasteiger partial charge >= 0.3 is 5.97 Å².